The van der Waals surface area contributed by atoms with Crippen LogP contribution < -0.4 is 21.3 Å². The van der Waals surface area contributed by atoms with Crippen LogP contribution in [0.5, 0.6) is 0 Å². The quantitative estimate of drug-likeness (QED) is 0.683. The zero-order chi connectivity index (χ0) is 13.7. The summed E-state index contributed by atoms with van der Waals surface area (Å²) in [5.41, 5.74) is 10.8. The Labute approximate surface area is 106 Å². The Morgan fingerprint density at radius 2 is 1.72 bits per heavy atom. The summed E-state index contributed by atoms with van der Waals surface area (Å²) in [6, 6.07) is 0. The maximum atomic E-state index is 10.9. The van der Waals surface area contributed by atoms with Gasteiger partial charge >= 0.3 is 0 Å². The van der Waals surface area contributed by atoms with Crippen molar-refractivity contribution in [1.29, 1.82) is 0 Å². The van der Waals surface area contributed by atoms with E-state index in [2.05, 4.69) is 15.0 Å². The highest BCUT2D eigenvalue weighted by Gasteiger charge is 2.13. The summed E-state index contributed by atoms with van der Waals surface area (Å²) >= 11 is 0. The molecule has 0 bridgehead atoms. The minimum absolute atomic E-state index is 0.0289. The number of nitrogens with zero attached hydrogens (tertiary/aromatic N) is 5. The maximum Gasteiger partial charge on any atom is 0.237 e. The van der Waals surface area contributed by atoms with Gasteiger partial charge in [-0.15, -0.1) is 0 Å². The molecule has 0 spiro atoms. The van der Waals surface area contributed by atoms with Crippen LogP contribution in [0.2, 0.25) is 0 Å². The molecule has 0 aromatic carbocycles. The minimum Gasteiger partial charge on any atom is -0.368 e. The fourth-order valence-corrected chi connectivity index (χ4v) is 1.49. The number of rotatable bonds is 6. The zero-order valence-electron chi connectivity index (χ0n) is 10.9. The molecule has 4 N–H and O–H groups in total. The number of nitrogen functional groups attached to an aromatic ring is 1. The lowest BCUT2D eigenvalue weighted by atomic mass is 10.5. The van der Waals surface area contributed by atoms with Crippen LogP contribution >= 0.6 is 0 Å². The molecule has 0 radical (unpaired) electrons. The van der Waals surface area contributed by atoms with Gasteiger partial charge in [0.25, 0.3) is 0 Å². The molecule has 100 valence electrons. The van der Waals surface area contributed by atoms with Gasteiger partial charge in [-0.1, -0.05) is 0 Å². The summed E-state index contributed by atoms with van der Waals surface area (Å²) in [6.45, 7) is 5.55. The first-order valence-corrected chi connectivity index (χ1v) is 5.73. The molecular weight excluding hydrogens is 234 g/mol. The molecule has 1 rings (SSSR count). The van der Waals surface area contributed by atoms with Crippen molar-refractivity contribution in [3.05, 3.63) is 0 Å². The number of hydrogen-bond acceptors (Lipinski definition) is 7. The van der Waals surface area contributed by atoms with Crippen LogP contribution in [-0.4, -0.2) is 47.5 Å². The summed E-state index contributed by atoms with van der Waals surface area (Å²) < 4.78 is 0. The average Bonchev–Trinajstić information content (AvgIpc) is 2.29. The van der Waals surface area contributed by atoms with Crippen molar-refractivity contribution in [3.63, 3.8) is 0 Å². The van der Waals surface area contributed by atoms with E-state index >= 15 is 0 Å². The molecule has 0 aliphatic rings. The normalized spacial score (nSPS) is 10.2. The van der Waals surface area contributed by atoms with E-state index in [0.29, 0.717) is 11.9 Å². The molecule has 8 nitrogen and oxygen atoms in total. The van der Waals surface area contributed by atoms with Crippen molar-refractivity contribution in [2.75, 3.05) is 42.2 Å². The highest BCUT2D eigenvalue weighted by atomic mass is 16.1. The first kappa shape index (κ1) is 13.9. The van der Waals surface area contributed by atoms with Crippen molar-refractivity contribution >= 4 is 23.8 Å². The van der Waals surface area contributed by atoms with E-state index in [-0.39, 0.29) is 12.5 Å². The number of amides is 1. The average molecular weight is 253 g/mol. The number of aromatic nitrogens is 3. The molecule has 0 atom stereocenters. The second kappa shape index (κ2) is 5.99. The number of primary amides is 1. The molecule has 1 aromatic heterocycles. The van der Waals surface area contributed by atoms with Crippen LogP contribution in [0.4, 0.5) is 17.8 Å². The van der Waals surface area contributed by atoms with E-state index < -0.39 is 5.91 Å². The molecule has 1 heterocycles. The molecule has 0 saturated heterocycles. The molecule has 18 heavy (non-hydrogen) atoms. The lowest BCUT2D eigenvalue weighted by Crippen LogP contribution is -2.33. The molecular formula is C10H19N7O. The predicted octanol–water partition coefficient (Wildman–Crippen LogP) is -0.778. The Morgan fingerprint density at radius 1 is 1.17 bits per heavy atom. The second-order valence-electron chi connectivity index (χ2n) is 3.79. The van der Waals surface area contributed by atoms with Crippen LogP contribution in [0.1, 0.15) is 13.8 Å². The lowest BCUT2D eigenvalue weighted by molar-refractivity contribution is -0.116. The van der Waals surface area contributed by atoms with E-state index in [4.69, 9.17) is 11.5 Å². The SMILES string of the molecule is CCN(CC)c1nc(N)nc(N(C)CC(N)=O)n1. The maximum absolute atomic E-state index is 10.9. The van der Waals surface area contributed by atoms with Crippen molar-refractivity contribution in [1.82, 2.24) is 15.0 Å². The third-order valence-corrected chi connectivity index (χ3v) is 2.41. The fraction of sp³-hybridized carbons (Fsp3) is 0.600. The van der Waals surface area contributed by atoms with Crippen LogP contribution in [0.25, 0.3) is 0 Å². The van der Waals surface area contributed by atoms with E-state index in [1.165, 1.54) is 4.90 Å². The Morgan fingerprint density at radius 3 is 2.22 bits per heavy atom. The summed E-state index contributed by atoms with van der Waals surface area (Å²) in [5.74, 6) is 0.501. The summed E-state index contributed by atoms with van der Waals surface area (Å²) in [5, 5.41) is 0. The first-order chi connectivity index (χ1) is 8.47. The molecule has 1 amide bonds. The van der Waals surface area contributed by atoms with Gasteiger partial charge in [0.15, 0.2) is 0 Å². The van der Waals surface area contributed by atoms with Gasteiger partial charge in [-0.3, -0.25) is 4.79 Å². The topological polar surface area (TPSA) is 114 Å². The van der Waals surface area contributed by atoms with Crippen LogP contribution in [0.15, 0.2) is 0 Å². The summed E-state index contributed by atoms with van der Waals surface area (Å²) in [6.07, 6.45) is 0. The second-order valence-corrected chi connectivity index (χ2v) is 3.79. The van der Waals surface area contributed by atoms with Gasteiger partial charge in [-0.2, -0.15) is 15.0 Å². The van der Waals surface area contributed by atoms with Gasteiger partial charge in [-0.25, -0.2) is 0 Å². The van der Waals surface area contributed by atoms with Gasteiger partial charge in [0.1, 0.15) is 0 Å². The van der Waals surface area contributed by atoms with E-state index in [0.717, 1.165) is 13.1 Å². The number of carbonyl (C=O) groups excluding carboxylic acids is 1. The predicted molar refractivity (Wildman–Crippen MR) is 70.3 cm³/mol. The zero-order valence-corrected chi connectivity index (χ0v) is 10.9. The molecule has 8 heteroatoms. The number of nitrogens with two attached hydrogens (primary N) is 2. The summed E-state index contributed by atoms with van der Waals surface area (Å²) in [7, 11) is 1.67. The van der Waals surface area contributed by atoms with Crippen LogP contribution in [-0.2, 0) is 4.79 Å². The smallest absolute Gasteiger partial charge is 0.237 e. The van der Waals surface area contributed by atoms with Gasteiger partial charge in [0, 0.05) is 20.1 Å². The van der Waals surface area contributed by atoms with Crippen LogP contribution in [0.3, 0.4) is 0 Å². The van der Waals surface area contributed by atoms with Crippen molar-refractivity contribution in [2.45, 2.75) is 13.8 Å². The van der Waals surface area contributed by atoms with Crippen LogP contribution in [0, 0.1) is 0 Å². The van der Waals surface area contributed by atoms with E-state index in [9.17, 15) is 4.79 Å². The van der Waals surface area contributed by atoms with Gasteiger partial charge in [0.2, 0.25) is 23.8 Å². The van der Waals surface area contributed by atoms with E-state index in [1.54, 1.807) is 7.05 Å². The minimum atomic E-state index is -0.458. The lowest BCUT2D eigenvalue weighted by Gasteiger charge is -2.21. The molecule has 1 aromatic rings. The van der Waals surface area contributed by atoms with E-state index in [1.807, 2.05) is 18.7 Å². The largest absolute Gasteiger partial charge is 0.368 e. The Kier molecular flexibility index (Phi) is 4.64. The van der Waals surface area contributed by atoms with Gasteiger partial charge < -0.3 is 21.3 Å². The highest BCUT2D eigenvalue weighted by Crippen LogP contribution is 2.13. The monoisotopic (exact) mass is 253 g/mol. The molecule has 0 unspecified atom stereocenters. The third kappa shape index (κ3) is 3.44. The number of hydrogen-bond donors (Lipinski definition) is 2. The molecule has 0 aliphatic heterocycles. The molecule has 0 saturated carbocycles. The first-order valence-electron chi connectivity index (χ1n) is 5.73. The Hall–Kier alpha value is -2.12. The Balaban J connectivity index is 3.03. The van der Waals surface area contributed by atoms with Crippen molar-refractivity contribution in [2.24, 2.45) is 5.73 Å². The fourth-order valence-electron chi connectivity index (χ4n) is 1.49. The molecule has 0 aliphatic carbocycles. The number of likely N-dealkylation sites (N-methyl/N-ethyl adjacent to an activating group) is 1. The third-order valence-electron chi connectivity index (χ3n) is 2.41. The summed E-state index contributed by atoms with van der Waals surface area (Å²) in [4.78, 5) is 26.7. The van der Waals surface area contributed by atoms with Crippen molar-refractivity contribution in [3.8, 4) is 0 Å². The number of carbonyl (C=O) groups is 1. The molecule has 0 fully saturated rings. The van der Waals surface area contributed by atoms with Crippen molar-refractivity contribution < 1.29 is 4.79 Å². The standard InChI is InChI=1S/C10H19N7O/c1-4-17(5-2)10-14-8(12)13-9(15-10)16(3)6-7(11)18/h4-6H2,1-3H3,(H2,11,18)(H2,12,13,14,15). The highest BCUT2D eigenvalue weighted by molar-refractivity contribution is 5.78. The van der Waals surface area contributed by atoms with Gasteiger partial charge in [-0.05, 0) is 13.8 Å². The van der Waals surface area contributed by atoms with Gasteiger partial charge in [0.05, 0.1) is 6.54 Å². The Bertz CT molecular complexity index is 419. The number of anilines is 3.